The minimum Gasteiger partial charge on any atom is -0.394 e. The number of carbonyl (C=O) groups excluding carboxylic acids is 6. The van der Waals surface area contributed by atoms with E-state index in [2.05, 4.69) is 42.3 Å². The maximum absolute atomic E-state index is 13.7. The van der Waals surface area contributed by atoms with Gasteiger partial charge in [-0.25, -0.2) is 19.2 Å². The van der Waals surface area contributed by atoms with E-state index in [0.717, 1.165) is 28.1 Å². The SMILES string of the molecule is CC(C)N(C(C)C)P(OCCSC(=O)C(C)(C)C)OCCSC(=O)C(C)(C)C.CC1(C)O[C@@H]2[C@H](O1)[C@@H](CO)O[C@H]2n1ccnc(C(N)=O)c1=O.CC1(C)O[C@@H]2[C@H](O1)[C@@H](COP(=O)(OCCSC(=O)C(C)(C)C)OCCSC(=O)C(C)(C)C)O[C@H]2n1ccnc(C(N)=O)c1=O. The van der Waals surface area contributed by atoms with Gasteiger partial charge >= 0.3 is 7.82 Å². The summed E-state index contributed by atoms with van der Waals surface area (Å²) in [4.78, 5) is 104. The van der Waals surface area contributed by atoms with E-state index in [-0.39, 0.29) is 87.0 Å². The molecule has 94 heavy (non-hydrogen) atoms. The molecule has 2 aromatic heterocycles. The summed E-state index contributed by atoms with van der Waals surface area (Å²) in [6, 6.07) is 0.553. The number of hydrogen-bond acceptors (Lipinski definition) is 28. The van der Waals surface area contributed by atoms with Crippen molar-refractivity contribution < 1.29 is 89.5 Å². The first-order valence-corrected chi connectivity index (χ1v) is 37.2. The highest BCUT2D eigenvalue weighted by molar-refractivity contribution is 8.14. The lowest BCUT2D eigenvalue weighted by Gasteiger charge is -2.35. The second kappa shape index (κ2) is 35.3. The quantitative estimate of drug-likeness (QED) is 0.0559. The van der Waals surface area contributed by atoms with E-state index in [1.807, 2.05) is 41.5 Å². The number of aliphatic hydroxyl groups is 1. The molecule has 0 unspecified atom stereocenters. The van der Waals surface area contributed by atoms with Crippen LogP contribution in [0.15, 0.2) is 34.4 Å². The van der Waals surface area contributed by atoms with Crippen molar-refractivity contribution in [3.63, 3.8) is 0 Å². The van der Waals surface area contributed by atoms with Gasteiger partial charge in [0.25, 0.3) is 31.5 Å². The number of fused-ring (bicyclic) bond motifs is 2. The number of aromatic nitrogens is 4. The van der Waals surface area contributed by atoms with Crippen molar-refractivity contribution in [3.05, 3.63) is 56.9 Å². The van der Waals surface area contributed by atoms with Crippen LogP contribution >= 0.6 is 63.4 Å². The third-order valence-corrected chi connectivity index (χ3v) is 22.0. The van der Waals surface area contributed by atoms with Crippen molar-refractivity contribution >= 4 is 95.7 Å². The van der Waals surface area contributed by atoms with Gasteiger partial charge in [0.05, 0.1) is 39.6 Å². The molecule has 534 valence electrons. The van der Waals surface area contributed by atoms with E-state index in [1.165, 1.54) is 52.9 Å². The number of thioether (sulfide) groups is 4. The third-order valence-electron chi connectivity index (χ3n) is 13.4. The molecule has 0 radical (unpaired) electrons. The second-order valence-corrected chi connectivity index (χ2v) is 35.0. The topological polar surface area (TPSA) is 366 Å². The highest BCUT2D eigenvalue weighted by atomic mass is 32.2. The molecule has 8 atom stereocenters. The highest BCUT2D eigenvalue weighted by Crippen LogP contribution is 2.52. The first-order valence-electron chi connectivity index (χ1n) is 30.7. The van der Waals surface area contributed by atoms with Crippen LogP contribution in [0.4, 0.5) is 0 Å². The fourth-order valence-corrected chi connectivity index (χ4v) is 15.4. The molecule has 2 aromatic rings. The summed E-state index contributed by atoms with van der Waals surface area (Å²) in [6.45, 7) is 37.7. The zero-order valence-corrected chi connectivity index (χ0v) is 62.7. The minimum absolute atomic E-state index is 0.0573. The average Bonchev–Trinajstić information content (AvgIpc) is 1.60. The molecular weight excluding hydrogens is 1340 g/mol. The standard InChI is InChI=1S/C27H42N3O11PS2.C20H40NO4PS2.C13H17N3O6/c1-25(2,3)23(33)43-13-11-36-42(35,37-12-14-44-24(34)26(4,5)6)38-15-16-18-19(41-27(7,8)40-18)22(39-16)30-10-9-29-17(20(28)31)21(30)32;1-15(2)21(16(3)4)26(24-11-13-27-17(22)19(5,6)7)25-12-14-28-18(23)20(8,9)10;1-13(2)21-8-6(5-17)20-12(9(8)22-13)16-4-3-15-7(10(14)18)11(16)19/h9-10,16,18-19,22H,11-15H2,1-8H3,(H2,28,31);15-16H,11-14H2,1-10H3;3-4,6,8-9,12,17H,5H2,1-2H3,(H2,14,18)/t16-,18-,19-,22-;;6-,8-,9-,12-/m1.1/s1. The van der Waals surface area contributed by atoms with Crippen molar-refractivity contribution in [2.45, 2.75) is 211 Å². The van der Waals surface area contributed by atoms with Gasteiger partial charge in [-0.2, -0.15) is 0 Å². The zero-order valence-electron chi connectivity index (χ0n) is 57.7. The van der Waals surface area contributed by atoms with E-state index in [9.17, 15) is 48.0 Å². The van der Waals surface area contributed by atoms with Crippen molar-refractivity contribution in [3.8, 4) is 0 Å². The number of hydrogen-bond donors (Lipinski definition) is 3. The van der Waals surface area contributed by atoms with Crippen LogP contribution < -0.4 is 22.6 Å². The van der Waals surface area contributed by atoms with E-state index in [1.54, 1.807) is 69.2 Å². The third kappa shape index (κ3) is 24.7. The van der Waals surface area contributed by atoms with Crippen LogP contribution in [0.1, 0.15) is 172 Å². The summed E-state index contributed by atoms with van der Waals surface area (Å²) >= 11 is 4.71. The van der Waals surface area contributed by atoms with Crippen LogP contribution in [0.2, 0.25) is 0 Å². The van der Waals surface area contributed by atoms with Gasteiger partial charge in [-0.15, -0.1) is 0 Å². The average molecular weight is 1440 g/mol. The van der Waals surface area contributed by atoms with Crippen LogP contribution in [0, 0.1) is 21.7 Å². The fraction of sp³-hybridized carbons (Fsp3) is 0.767. The van der Waals surface area contributed by atoms with E-state index < -0.39 is 116 Å². The Labute approximate surface area is 569 Å². The number of primary amides is 2. The molecule has 4 fully saturated rings. The monoisotopic (exact) mass is 1440 g/mol. The molecule has 4 aliphatic heterocycles. The number of amides is 2. The maximum Gasteiger partial charge on any atom is 0.474 e. The van der Waals surface area contributed by atoms with Crippen molar-refractivity contribution in [1.29, 1.82) is 0 Å². The number of aliphatic hydroxyl groups excluding tert-OH is 1. The normalized spacial score (nSPS) is 22.6. The first-order chi connectivity index (χ1) is 43.3. The molecule has 0 saturated carbocycles. The Kier molecular flexibility index (Phi) is 31.3. The Bertz CT molecular complexity index is 3000. The number of nitrogens with two attached hydrogens (primary N) is 2. The van der Waals surface area contributed by atoms with E-state index >= 15 is 0 Å². The number of phosphoric acid groups is 1. The predicted octanol–water partition coefficient (Wildman–Crippen LogP) is 8.26. The summed E-state index contributed by atoms with van der Waals surface area (Å²) < 4.78 is 82.5. The number of carbonyl (C=O) groups is 6. The number of phosphoric ester groups is 1. The zero-order chi connectivity index (χ0) is 71.3. The van der Waals surface area contributed by atoms with Gasteiger partial charge in [0.2, 0.25) is 0 Å². The molecule has 5 N–H and O–H groups in total. The fourth-order valence-electron chi connectivity index (χ4n) is 8.99. The van der Waals surface area contributed by atoms with Gasteiger partial charge in [0, 0.05) is 81.5 Å². The van der Waals surface area contributed by atoms with E-state index in [0.29, 0.717) is 24.7 Å². The molecule has 0 aromatic carbocycles. The lowest BCUT2D eigenvalue weighted by Crippen LogP contribution is -2.37. The van der Waals surface area contributed by atoms with Crippen molar-refractivity contribution in [1.82, 2.24) is 23.8 Å². The summed E-state index contributed by atoms with van der Waals surface area (Å²) in [5.41, 5.74) is 6.33. The van der Waals surface area contributed by atoms with Gasteiger partial charge in [0.15, 0.2) is 55.9 Å². The molecule has 4 saturated heterocycles. The van der Waals surface area contributed by atoms with Gasteiger partial charge in [-0.3, -0.25) is 61.1 Å². The molecule has 4 aliphatic rings. The molecule has 28 nitrogen and oxygen atoms in total. The largest absolute Gasteiger partial charge is 0.474 e. The number of rotatable bonds is 27. The lowest BCUT2D eigenvalue weighted by atomic mass is 9.99. The van der Waals surface area contributed by atoms with Gasteiger partial charge in [0.1, 0.15) is 36.6 Å². The molecule has 0 spiro atoms. The molecule has 2 amide bonds. The van der Waals surface area contributed by atoms with Crippen LogP contribution in [-0.2, 0) is 74.8 Å². The summed E-state index contributed by atoms with van der Waals surface area (Å²) in [5, 5.41) is 9.65. The molecule has 0 bridgehead atoms. The summed E-state index contributed by atoms with van der Waals surface area (Å²) in [5.74, 6) is -2.19. The summed E-state index contributed by atoms with van der Waals surface area (Å²) in [6.07, 6.45) is -0.854. The van der Waals surface area contributed by atoms with Crippen LogP contribution in [0.3, 0.4) is 0 Å². The molecule has 34 heteroatoms. The smallest absolute Gasteiger partial charge is 0.394 e. The minimum atomic E-state index is -4.23. The Morgan fingerprint density at radius 3 is 1.21 bits per heavy atom. The maximum atomic E-state index is 13.7. The Morgan fingerprint density at radius 2 is 0.894 bits per heavy atom. The van der Waals surface area contributed by atoms with Gasteiger partial charge < -0.3 is 54.0 Å². The Balaban J connectivity index is 0.000000323. The Morgan fingerprint density at radius 1 is 0.574 bits per heavy atom. The number of nitrogens with zero attached hydrogens (tertiary/aromatic N) is 5. The molecule has 6 rings (SSSR count). The van der Waals surface area contributed by atoms with Crippen LogP contribution in [-0.4, -0.2) is 184 Å². The van der Waals surface area contributed by atoms with Gasteiger partial charge in [-0.1, -0.05) is 130 Å². The van der Waals surface area contributed by atoms with Crippen LogP contribution in [0.25, 0.3) is 0 Å². The first kappa shape index (κ1) is 83.3. The van der Waals surface area contributed by atoms with E-state index in [4.69, 9.17) is 62.5 Å². The Hall–Kier alpha value is -3.08. The van der Waals surface area contributed by atoms with Crippen molar-refractivity contribution in [2.75, 3.05) is 62.7 Å². The lowest BCUT2D eigenvalue weighted by molar-refractivity contribution is -0.200. The second-order valence-electron chi connectivity index (χ2n) is 27.6. The van der Waals surface area contributed by atoms with Gasteiger partial charge in [-0.05, 0) is 55.4 Å². The molecule has 6 heterocycles. The number of ether oxygens (including phenoxy) is 6. The summed E-state index contributed by atoms with van der Waals surface area (Å²) in [7, 11) is -5.47. The predicted molar refractivity (Wildman–Crippen MR) is 361 cm³/mol. The highest BCUT2D eigenvalue weighted by Gasteiger charge is 2.58. The molecule has 0 aliphatic carbocycles. The van der Waals surface area contributed by atoms with Crippen molar-refractivity contribution in [2.24, 2.45) is 33.1 Å². The molecular formula is C60H99N7O21P2S4. The van der Waals surface area contributed by atoms with Crippen LogP contribution in [0.5, 0.6) is 0 Å².